The molecule has 0 bridgehead atoms. The van der Waals surface area contributed by atoms with Gasteiger partial charge >= 0.3 is 0 Å². The lowest BCUT2D eigenvalue weighted by atomic mass is 10.2. The number of carbonyl (C=O) groups excluding carboxylic acids is 1. The Labute approximate surface area is 99.8 Å². The van der Waals surface area contributed by atoms with E-state index in [-0.39, 0.29) is 12.1 Å². The first-order valence-electron chi connectivity index (χ1n) is 5.79. The Kier molecular flexibility index (Phi) is 3.37. The van der Waals surface area contributed by atoms with Gasteiger partial charge in [-0.25, -0.2) is 4.68 Å². The second-order valence-electron chi connectivity index (χ2n) is 4.03. The number of hydrogen-bond donors (Lipinski definition) is 1. The predicted molar refractivity (Wildman–Crippen MR) is 65.3 cm³/mol. The first kappa shape index (κ1) is 11.6. The minimum Gasteiger partial charge on any atom is -0.334 e. The minimum absolute atomic E-state index is 0.0527. The maximum Gasteiger partial charge on any atom is 0.218 e. The van der Waals surface area contributed by atoms with Crippen LogP contribution in [0.2, 0.25) is 0 Å². The molecule has 0 spiro atoms. The van der Waals surface area contributed by atoms with Crippen molar-refractivity contribution in [2.24, 2.45) is 0 Å². The van der Waals surface area contributed by atoms with Crippen molar-refractivity contribution in [2.45, 2.75) is 32.9 Å². The third-order valence-corrected chi connectivity index (χ3v) is 2.60. The summed E-state index contributed by atoms with van der Waals surface area (Å²) in [5, 5.41) is 11.1. The third-order valence-electron chi connectivity index (χ3n) is 2.60. The summed E-state index contributed by atoms with van der Waals surface area (Å²) in [5.41, 5.74) is 1.79. The zero-order valence-electron chi connectivity index (χ0n) is 10.1. The Morgan fingerprint density at radius 2 is 2.24 bits per heavy atom. The fourth-order valence-electron chi connectivity index (χ4n) is 1.88. The molecule has 0 aliphatic rings. The Hall–Kier alpha value is -1.91. The largest absolute Gasteiger partial charge is 0.334 e. The van der Waals surface area contributed by atoms with Crippen molar-refractivity contribution >= 4 is 16.9 Å². The van der Waals surface area contributed by atoms with Crippen molar-refractivity contribution in [1.82, 2.24) is 20.3 Å². The van der Waals surface area contributed by atoms with E-state index in [4.69, 9.17) is 0 Å². The summed E-state index contributed by atoms with van der Waals surface area (Å²) in [6.07, 6.45) is 1.69. The van der Waals surface area contributed by atoms with E-state index in [2.05, 4.69) is 22.6 Å². The average Bonchev–Trinajstić information content (AvgIpc) is 2.71. The van der Waals surface area contributed by atoms with Gasteiger partial charge in [0.15, 0.2) is 0 Å². The van der Waals surface area contributed by atoms with Crippen LogP contribution in [-0.4, -0.2) is 20.9 Å². The van der Waals surface area contributed by atoms with Crippen LogP contribution >= 0.6 is 0 Å². The molecule has 1 amide bonds. The molecule has 2 rings (SSSR count). The Morgan fingerprint density at radius 3 is 2.94 bits per heavy atom. The molecule has 1 atom stereocenters. The number of aromatic nitrogens is 3. The van der Waals surface area contributed by atoms with Gasteiger partial charge in [-0.05, 0) is 18.6 Å². The van der Waals surface area contributed by atoms with Crippen LogP contribution in [-0.2, 0) is 4.79 Å². The zero-order valence-corrected chi connectivity index (χ0v) is 10.1. The van der Waals surface area contributed by atoms with Gasteiger partial charge in [-0.1, -0.05) is 30.7 Å². The normalized spacial score (nSPS) is 12.6. The van der Waals surface area contributed by atoms with Crippen LogP contribution in [0.5, 0.6) is 0 Å². The van der Waals surface area contributed by atoms with E-state index in [1.54, 1.807) is 4.68 Å². The summed E-state index contributed by atoms with van der Waals surface area (Å²) in [7, 11) is 0. The number of carbonyl (C=O) groups is 1. The number of benzene rings is 1. The second-order valence-corrected chi connectivity index (χ2v) is 4.03. The van der Waals surface area contributed by atoms with Crippen LogP contribution in [0.3, 0.4) is 0 Å². The highest BCUT2D eigenvalue weighted by atomic mass is 16.1. The molecule has 2 aromatic rings. The monoisotopic (exact) mass is 232 g/mol. The predicted octanol–water partition coefficient (Wildman–Crippen LogP) is 1.87. The fraction of sp³-hybridized carbons (Fsp3) is 0.417. The summed E-state index contributed by atoms with van der Waals surface area (Å²) >= 11 is 0. The number of nitrogens with one attached hydrogen (secondary N) is 1. The van der Waals surface area contributed by atoms with Crippen LogP contribution < -0.4 is 5.32 Å². The van der Waals surface area contributed by atoms with Crippen LogP contribution in [0.1, 0.15) is 32.9 Å². The van der Waals surface area contributed by atoms with Crippen molar-refractivity contribution in [3.8, 4) is 0 Å². The molecule has 1 aromatic carbocycles. The number of rotatable bonds is 4. The first-order chi connectivity index (χ1) is 8.22. The average molecular weight is 232 g/mol. The number of amides is 1. The summed E-state index contributed by atoms with van der Waals surface area (Å²) in [6, 6.07) is 7.74. The van der Waals surface area contributed by atoms with E-state index in [1.165, 1.54) is 6.92 Å². The van der Waals surface area contributed by atoms with E-state index in [0.717, 1.165) is 23.9 Å². The number of hydrogen-bond acceptors (Lipinski definition) is 3. The first-order valence-corrected chi connectivity index (χ1v) is 5.79. The highest BCUT2D eigenvalue weighted by Gasteiger charge is 2.15. The van der Waals surface area contributed by atoms with E-state index in [9.17, 15) is 4.79 Å². The lowest BCUT2D eigenvalue weighted by Gasteiger charge is -2.17. The standard InChI is InChI=1S/C12H16N4O/c1-3-6-12(13-9(2)17)16-11-8-5-4-7-10(11)14-15-16/h4-5,7-8,12H,3,6H2,1-2H3,(H,13,17). The van der Waals surface area contributed by atoms with Crippen molar-refractivity contribution in [3.63, 3.8) is 0 Å². The van der Waals surface area contributed by atoms with Gasteiger partial charge < -0.3 is 5.32 Å². The maximum absolute atomic E-state index is 11.2. The molecule has 0 aliphatic carbocycles. The van der Waals surface area contributed by atoms with E-state index in [1.807, 2.05) is 24.3 Å². The van der Waals surface area contributed by atoms with Crippen LogP contribution in [0.15, 0.2) is 24.3 Å². The maximum atomic E-state index is 11.2. The van der Waals surface area contributed by atoms with Crippen LogP contribution in [0.25, 0.3) is 11.0 Å². The van der Waals surface area contributed by atoms with Gasteiger partial charge in [-0.3, -0.25) is 4.79 Å². The van der Waals surface area contributed by atoms with E-state index < -0.39 is 0 Å². The van der Waals surface area contributed by atoms with Gasteiger partial charge in [0.25, 0.3) is 0 Å². The smallest absolute Gasteiger partial charge is 0.218 e. The molecule has 90 valence electrons. The molecule has 0 fully saturated rings. The fourth-order valence-corrected chi connectivity index (χ4v) is 1.88. The molecule has 1 unspecified atom stereocenters. The molecule has 17 heavy (non-hydrogen) atoms. The summed E-state index contributed by atoms with van der Waals surface area (Å²) in [4.78, 5) is 11.2. The molecule has 0 saturated carbocycles. The Balaban J connectivity index is 2.37. The summed E-state index contributed by atoms with van der Waals surface area (Å²) < 4.78 is 1.78. The van der Waals surface area contributed by atoms with Crippen molar-refractivity contribution in [2.75, 3.05) is 0 Å². The molecule has 0 saturated heterocycles. The quantitative estimate of drug-likeness (QED) is 0.875. The molecule has 5 heteroatoms. The molecule has 5 nitrogen and oxygen atoms in total. The van der Waals surface area contributed by atoms with Gasteiger partial charge in [0, 0.05) is 6.92 Å². The Bertz CT molecular complexity index is 520. The van der Waals surface area contributed by atoms with Crippen molar-refractivity contribution in [3.05, 3.63) is 24.3 Å². The van der Waals surface area contributed by atoms with Gasteiger partial charge in [0.1, 0.15) is 11.7 Å². The molecule has 0 aliphatic heterocycles. The molecule has 1 N–H and O–H groups in total. The number of fused-ring (bicyclic) bond motifs is 1. The molecule has 0 radical (unpaired) electrons. The number of nitrogens with zero attached hydrogens (tertiary/aromatic N) is 3. The van der Waals surface area contributed by atoms with Crippen LogP contribution in [0.4, 0.5) is 0 Å². The molecule has 1 heterocycles. The van der Waals surface area contributed by atoms with E-state index >= 15 is 0 Å². The van der Waals surface area contributed by atoms with Gasteiger partial charge in [0.2, 0.25) is 5.91 Å². The molecule has 1 aromatic heterocycles. The minimum atomic E-state index is -0.120. The topological polar surface area (TPSA) is 59.8 Å². The highest BCUT2D eigenvalue weighted by molar-refractivity contribution is 5.75. The van der Waals surface area contributed by atoms with Gasteiger partial charge in [-0.15, -0.1) is 5.10 Å². The Morgan fingerprint density at radius 1 is 1.47 bits per heavy atom. The molecular formula is C12H16N4O. The summed E-state index contributed by atoms with van der Waals surface area (Å²) in [5.74, 6) is -0.0527. The van der Waals surface area contributed by atoms with Gasteiger partial charge in [-0.2, -0.15) is 0 Å². The second kappa shape index (κ2) is 4.95. The van der Waals surface area contributed by atoms with E-state index in [0.29, 0.717) is 0 Å². The number of para-hydroxylation sites is 1. The molecular weight excluding hydrogens is 216 g/mol. The highest BCUT2D eigenvalue weighted by Crippen LogP contribution is 2.17. The zero-order chi connectivity index (χ0) is 12.3. The SMILES string of the molecule is CCCC(NC(C)=O)n1nnc2ccccc21. The van der Waals surface area contributed by atoms with Gasteiger partial charge in [0.05, 0.1) is 5.52 Å². The van der Waals surface area contributed by atoms with Crippen LogP contribution in [0, 0.1) is 0 Å². The lowest BCUT2D eigenvalue weighted by Crippen LogP contribution is -2.31. The van der Waals surface area contributed by atoms with Crippen molar-refractivity contribution in [1.29, 1.82) is 0 Å². The van der Waals surface area contributed by atoms with Crippen molar-refractivity contribution < 1.29 is 4.79 Å². The third kappa shape index (κ3) is 2.43. The summed E-state index contributed by atoms with van der Waals surface area (Å²) in [6.45, 7) is 3.59. The lowest BCUT2D eigenvalue weighted by molar-refractivity contribution is -0.120.